The topological polar surface area (TPSA) is 68.0 Å². The Labute approximate surface area is 105 Å². The SMILES string of the molecule is CCc1ccc(-n2nnc(C)c2CC(=O)O)cc1. The van der Waals surface area contributed by atoms with Gasteiger partial charge in [-0.2, -0.15) is 0 Å². The van der Waals surface area contributed by atoms with E-state index in [2.05, 4.69) is 17.2 Å². The fraction of sp³-hybridized carbons (Fsp3) is 0.308. The van der Waals surface area contributed by atoms with E-state index < -0.39 is 5.97 Å². The van der Waals surface area contributed by atoms with E-state index in [9.17, 15) is 4.79 Å². The van der Waals surface area contributed by atoms with Gasteiger partial charge in [-0.15, -0.1) is 5.10 Å². The number of hydrogen-bond acceptors (Lipinski definition) is 3. The van der Waals surface area contributed by atoms with Crippen LogP contribution in [0.2, 0.25) is 0 Å². The molecule has 0 aliphatic carbocycles. The minimum Gasteiger partial charge on any atom is -0.481 e. The number of hydrogen-bond donors (Lipinski definition) is 1. The summed E-state index contributed by atoms with van der Waals surface area (Å²) in [6.07, 6.45) is 0.896. The molecule has 0 aliphatic heterocycles. The van der Waals surface area contributed by atoms with E-state index >= 15 is 0 Å². The number of carboxylic acids is 1. The number of carbonyl (C=O) groups is 1. The van der Waals surface area contributed by atoms with E-state index in [0.717, 1.165) is 12.1 Å². The fourth-order valence-electron chi connectivity index (χ4n) is 1.80. The molecule has 0 radical (unpaired) electrons. The highest BCUT2D eigenvalue weighted by atomic mass is 16.4. The van der Waals surface area contributed by atoms with Crippen LogP contribution in [0.3, 0.4) is 0 Å². The monoisotopic (exact) mass is 245 g/mol. The summed E-state index contributed by atoms with van der Waals surface area (Å²) >= 11 is 0. The largest absolute Gasteiger partial charge is 0.481 e. The van der Waals surface area contributed by atoms with Crippen LogP contribution in [0, 0.1) is 6.92 Å². The Kier molecular flexibility index (Phi) is 3.41. The Morgan fingerprint density at radius 1 is 1.33 bits per heavy atom. The van der Waals surface area contributed by atoms with Crippen molar-refractivity contribution in [2.45, 2.75) is 26.7 Å². The highest BCUT2D eigenvalue weighted by molar-refractivity contribution is 5.70. The average molecular weight is 245 g/mol. The summed E-state index contributed by atoms with van der Waals surface area (Å²) in [6.45, 7) is 3.85. The molecule has 5 nitrogen and oxygen atoms in total. The molecule has 2 aromatic rings. The zero-order valence-corrected chi connectivity index (χ0v) is 10.4. The van der Waals surface area contributed by atoms with Gasteiger partial charge >= 0.3 is 5.97 Å². The second-order valence-corrected chi connectivity index (χ2v) is 4.12. The number of carboxylic acid groups (broad SMARTS) is 1. The third kappa shape index (κ3) is 2.40. The molecule has 0 fully saturated rings. The summed E-state index contributed by atoms with van der Waals surface area (Å²) in [5.74, 6) is -0.883. The minimum atomic E-state index is -0.883. The van der Waals surface area contributed by atoms with Gasteiger partial charge < -0.3 is 5.11 Å². The number of aliphatic carboxylic acids is 1. The molecule has 0 saturated heterocycles. The van der Waals surface area contributed by atoms with Crippen LogP contribution in [-0.2, 0) is 17.6 Å². The Hall–Kier alpha value is -2.17. The third-order valence-corrected chi connectivity index (χ3v) is 2.87. The summed E-state index contributed by atoms with van der Waals surface area (Å²) in [5, 5.41) is 16.8. The Balaban J connectivity index is 2.40. The van der Waals surface area contributed by atoms with E-state index in [1.54, 1.807) is 11.6 Å². The van der Waals surface area contributed by atoms with Gasteiger partial charge in [-0.1, -0.05) is 24.3 Å². The van der Waals surface area contributed by atoms with Crippen LogP contribution in [0.4, 0.5) is 0 Å². The summed E-state index contributed by atoms with van der Waals surface area (Å²) in [5.41, 5.74) is 3.34. The minimum absolute atomic E-state index is 0.0750. The molecule has 18 heavy (non-hydrogen) atoms. The number of aromatic nitrogens is 3. The molecule has 0 saturated carbocycles. The van der Waals surface area contributed by atoms with Crippen molar-refractivity contribution < 1.29 is 9.90 Å². The van der Waals surface area contributed by atoms with Crippen LogP contribution in [0.1, 0.15) is 23.9 Å². The first-order valence-electron chi connectivity index (χ1n) is 5.84. The maximum Gasteiger partial charge on any atom is 0.309 e. The van der Waals surface area contributed by atoms with Crippen molar-refractivity contribution in [2.75, 3.05) is 0 Å². The van der Waals surface area contributed by atoms with E-state index in [1.807, 2.05) is 24.3 Å². The molecule has 0 unspecified atom stereocenters. The fourth-order valence-corrected chi connectivity index (χ4v) is 1.80. The van der Waals surface area contributed by atoms with Gasteiger partial charge in [0.05, 0.1) is 23.5 Å². The molecule has 1 aromatic heterocycles. The third-order valence-electron chi connectivity index (χ3n) is 2.87. The summed E-state index contributed by atoms with van der Waals surface area (Å²) in [6, 6.07) is 7.88. The van der Waals surface area contributed by atoms with Crippen molar-refractivity contribution >= 4 is 5.97 Å². The van der Waals surface area contributed by atoms with Crippen LogP contribution in [0.5, 0.6) is 0 Å². The van der Waals surface area contributed by atoms with Crippen molar-refractivity contribution in [3.63, 3.8) is 0 Å². The highest BCUT2D eigenvalue weighted by Gasteiger charge is 2.14. The molecule has 0 amide bonds. The van der Waals surface area contributed by atoms with Gasteiger partial charge in [-0.25, -0.2) is 4.68 Å². The zero-order valence-electron chi connectivity index (χ0n) is 10.4. The second-order valence-electron chi connectivity index (χ2n) is 4.12. The molecule has 0 aliphatic rings. The van der Waals surface area contributed by atoms with Gasteiger partial charge in [0.2, 0.25) is 0 Å². The molecule has 0 spiro atoms. The van der Waals surface area contributed by atoms with Crippen molar-refractivity contribution in [3.8, 4) is 5.69 Å². The smallest absolute Gasteiger partial charge is 0.309 e. The van der Waals surface area contributed by atoms with E-state index in [4.69, 9.17) is 5.11 Å². The predicted octanol–water partition coefficient (Wildman–Crippen LogP) is 1.77. The molecular weight excluding hydrogens is 230 g/mol. The van der Waals surface area contributed by atoms with Crippen LogP contribution in [-0.4, -0.2) is 26.1 Å². The number of nitrogens with zero attached hydrogens (tertiary/aromatic N) is 3. The first-order valence-corrected chi connectivity index (χ1v) is 5.84. The van der Waals surface area contributed by atoms with E-state index in [-0.39, 0.29) is 6.42 Å². The van der Waals surface area contributed by atoms with Crippen LogP contribution >= 0.6 is 0 Å². The van der Waals surface area contributed by atoms with E-state index in [0.29, 0.717) is 11.4 Å². The van der Waals surface area contributed by atoms with Crippen LogP contribution in [0.25, 0.3) is 5.69 Å². The lowest BCUT2D eigenvalue weighted by atomic mass is 10.1. The van der Waals surface area contributed by atoms with Gasteiger partial charge in [-0.3, -0.25) is 4.79 Å². The van der Waals surface area contributed by atoms with Crippen molar-refractivity contribution in [1.29, 1.82) is 0 Å². The Bertz CT molecular complexity index is 558. The molecule has 0 bridgehead atoms. The lowest BCUT2D eigenvalue weighted by Gasteiger charge is -2.06. The molecule has 5 heteroatoms. The number of rotatable bonds is 4. The molecular formula is C13H15N3O2. The normalized spacial score (nSPS) is 10.6. The van der Waals surface area contributed by atoms with Crippen LogP contribution < -0.4 is 0 Å². The van der Waals surface area contributed by atoms with Gasteiger partial charge in [-0.05, 0) is 31.0 Å². The van der Waals surface area contributed by atoms with Gasteiger partial charge in [0.25, 0.3) is 0 Å². The maximum atomic E-state index is 10.8. The lowest BCUT2D eigenvalue weighted by molar-refractivity contribution is -0.136. The summed E-state index contributed by atoms with van der Waals surface area (Å²) < 4.78 is 1.59. The molecule has 94 valence electrons. The average Bonchev–Trinajstić information content (AvgIpc) is 2.71. The lowest BCUT2D eigenvalue weighted by Crippen LogP contribution is -2.09. The first-order chi connectivity index (χ1) is 8.61. The second kappa shape index (κ2) is 5.00. The summed E-state index contributed by atoms with van der Waals surface area (Å²) in [7, 11) is 0. The van der Waals surface area contributed by atoms with Gasteiger partial charge in [0, 0.05) is 0 Å². The maximum absolute atomic E-state index is 10.8. The highest BCUT2D eigenvalue weighted by Crippen LogP contribution is 2.14. The Morgan fingerprint density at radius 3 is 2.56 bits per heavy atom. The Morgan fingerprint density at radius 2 is 2.00 bits per heavy atom. The predicted molar refractivity (Wildman–Crippen MR) is 66.8 cm³/mol. The van der Waals surface area contributed by atoms with Crippen molar-refractivity contribution in [1.82, 2.24) is 15.0 Å². The van der Waals surface area contributed by atoms with Crippen molar-refractivity contribution in [2.24, 2.45) is 0 Å². The molecule has 1 aromatic carbocycles. The quantitative estimate of drug-likeness (QED) is 0.891. The summed E-state index contributed by atoms with van der Waals surface area (Å²) in [4.78, 5) is 10.8. The van der Waals surface area contributed by atoms with Crippen molar-refractivity contribution in [3.05, 3.63) is 41.2 Å². The standard InChI is InChI=1S/C13H15N3O2/c1-3-10-4-6-11(7-5-10)16-12(8-13(17)18)9(2)14-15-16/h4-7H,3,8H2,1-2H3,(H,17,18). The van der Waals surface area contributed by atoms with Crippen LogP contribution in [0.15, 0.2) is 24.3 Å². The van der Waals surface area contributed by atoms with Gasteiger partial charge in [0.1, 0.15) is 0 Å². The molecule has 2 rings (SSSR count). The zero-order chi connectivity index (χ0) is 13.1. The first kappa shape index (κ1) is 12.3. The van der Waals surface area contributed by atoms with E-state index in [1.165, 1.54) is 5.56 Å². The van der Waals surface area contributed by atoms with Gasteiger partial charge in [0.15, 0.2) is 0 Å². The number of benzene rings is 1. The number of aryl methyl sites for hydroxylation is 2. The molecule has 0 atom stereocenters. The molecule has 1 N–H and O–H groups in total. The molecule has 1 heterocycles.